The molecule has 5 heteroatoms. The number of anilines is 1. The molecule has 0 spiro atoms. The lowest BCUT2D eigenvalue weighted by atomic mass is 10.2. The number of nitrogen functional groups attached to an aromatic ring is 1. The number of H-pyrrole nitrogens is 1. The highest BCUT2D eigenvalue weighted by Gasteiger charge is 2.18. The number of aromatic nitrogens is 1. The maximum atomic E-state index is 12.6. The molecule has 0 bridgehead atoms. The third-order valence-corrected chi connectivity index (χ3v) is 3.51. The van der Waals surface area contributed by atoms with Crippen molar-refractivity contribution in [3.63, 3.8) is 0 Å². The molecule has 0 unspecified atom stereocenters. The molecule has 0 fully saturated rings. The molecule has 2 heterocycles. The SMILES string of the molecule is CCN(Cc1ccco1)C(=O)c1cc2cccc(N)c2[nH]1. The number of aromatic amines is 1. The summed E-state index contributed by atoms with van der Waals surface area (Å²) in [5.74, 6) is 0.699. The number of nitrogens with zero attached hydrogens (tertiary/aromatic N) is 1. The lowest BCUT2D eigenvalue weighted by Gasteiger charge is -2.18. The van der Waals surface area contributed by atoms with Crippen LogP contribution in [0.4, 0.5) is 5.69 Å². The topological polar surface area (TPSA) is 75.3 Å². The fourth-order valence-electron chi connectivity index (χ4n) is 2.38. The van der Waals surface area contributed by atoms with Crippen LogP contribution < -0.4 is 5.73 Å². The molecule has 5 nitrogen and oxygen atoms in total. The lowest BCUT2D eigenvalue weighted by molar-refractivity contribution is 0.0736. The van der Waals surface area contributed by atoms with Crippen LogP contribution in [-0.4, -0.2) is 22.3 Å². The van der Waals surface area contributed by atoms with Gasteiger partial charge in [0.15, 0.2) is 0 Å². The van der Waals surface area contributed by atoms with Crippen molar-refractivity contribution < 1.29 is 9.21 Å². The van der Waals surface area contributed by atoms with E-state index in [0.717, 1.165) is 16.7 Å². The standard InChI is InChI=1S/C16H17N3O2/c1-2-19(10-12-6-4-8-21-12)16(20)14-9-11-5-3-7-13(17)15(11)18-14/h3-9,18H,2,10,17H2,1H3. The minimum atomic E-state index is -0.0653. The average Bonchev–Trinajstić information content (AvgIpc) is 3.13. The van der Waals surface area contributed by atoms with Gasteiger partial charge in [0.25, 0.3) is 5.91 Å². The predicted octanol–water partition coefficient (Wildman–Crippen LogP) is 3.01. The monoisotopic (exact) mass is 283 g/mol. The lowest BCUT2D eigenvalue weighted by Crippen LogP contribution is -2.30. The van der Waals surface area contributed by atoms with Crippen molar-refractivity contribution in [3.8, 4) is 0 Å². The van der Waals surface area contributed by atoms with Gasteiger partial charge in [-0.15, -0.1) is 0 Å². The van der Waals surface area contributed by atoms with E-state index in [1.165, 1.54) is 0 Å². The highest BCUT2D eigenvalue weighted by molar-refractivity contribution is 6.00. The molecule has 0 saturated carbocycles. The fourth-order valence-corrected chi connectivity index (χ4v) is 2.38. The van der Waals surface area contributed by atoms with Crippen LogP contribution in [0.2, 0.25) is 0 Å². The van der Waals surface area contributed by atoms with Crippen LogP contribution in [0.15, 0.2) is 47.1 Å². The summed E-state index contributed by atoms with van der Waals surface area (Å²) in [5, 5.41) is 0.937. The van der Waals surface area contributed by atoms with Crippen molar-refractivity contribution in [3.05, 3.63) is 54.1 Å². The van der Waals surface area contributed by atoms with Gasteiger partial charge in [0.1, 0.15) is 11.5 Å². The zero-order valence-electron chi connectivity index (χ0n) is 11.8. The first-order valence-corrected chi connectivity index (χ1v) is 6.88. The van der Waals surface area contributed by atoms with Crippen molar-refractivity contribution in [1.29, 1.82) is 0 Å². The summed E-state index contributed by atoms with van der Waals surface area (Å²) in [7, 11) is 0. The summed E-state index contributed by atoms with van der Waals surface area (Å²) in [6, 6.07) is 11.1. The molecule has 2 aromatic heterocycles. The van der Waals surface area contributed by atoms with Crippen LogP contribution in [0.1, 0.15) is 23.2 Å². The maximum Gasteiger partial charge on any atom is 0.270 e. The number of nitrogens with two attached hydrogens (primary N) is 1. The third-order valence-electron chi connectivity index (χ3n) is 3.51. The van der Waals surface area contributed by atoms with Gasteiger partial charge < -0.3 is 20.0 Å². The van der Waals surface area contributed by atoms with Gasteiger partial charge in [-0.3, -0.25) is 4.79 Å². The average molecular weight is 283 g/mol. The Morgan fingerprint density at radius 2 is 2.19 bits per heavy atom. The first-order valence-electron chi connectivity index (χ1n) is 6.88. The van der Waals surface area contributed by atoms with Gasteiger partial charge in [-0.25, -0.2) is 0 Å². The number of hydrogen-bond donors (Lipinski definition) is 2. The largest absolute Gasteiger partial charge is 0.467 e. The zero-order chi connectivity index (χ0) is 14.8. The molecule has 3 N–H and O–H groups in total. The number of para-hydroxylation sites is 1. The van der Waals surface area contributed by atoms with E-state index in [-0.39, 0.29) is 5.91 Å². The first-order chi connectivity index (χ1) is 10.2. The van der Waals surface area contributed by atoms with Crippen molar-refractivity contribution in [2.24, 2.45) is 0 Å². The number of furan rings is 1. The number of nitrogens with one attached hydrogen (secondary N) is 1. The second-order valence-corrected chi connectivity index (χ2v) is 4.89. The third kappa shape index (κ3) is 2.50. The number of amides is 1. The Hall–Kier alpha value is -2.69. The molecule has 0 saturated heterocycles. The molecule has 0 atom stereocenters. The van der Waals surface area contributed by atoms with Crippen molar-refractivity contribution >= 4 is 22.5 Å². The molecule has 108 valence electrons. The molecule has 0 aliphatic rings. The van der Waals surface area contributed by atoms with E-state index in [1.54, 1.807) is 11.2 Å². The molecule has 21 heavy (non-hydrogen) atoms. The van der Waals surface area contributed by atoms with Crippen molar-refractivity contribution in [2.75, 3.05) is 12.3 Å². The van der Waals surface area contributed by atoms with E-state index in [4.69, 9.17) is 10.2 Å². The van der Waals surface area contributed by atoms with Crippen LogP contribution in [0.25, 0.3) is 10.9 Å². The predicted molar refractivity (Wildman–Crippen MR) is 81.8 cm³/mol. The minimum Gasteiger partial charge on any atom is -0.467 e. The molecule has 1 amide bonds. The Kier molecular flexibility index (Phi) is 3.39. The molecular formula is C16H17N3O2. The van der Waals surface area contributed by atoms with Crippen molar-refractivity contribution in [2.45, 2.75) is 13.5 Å². The van der Waals surface area contributed by atoms with E-state index >= 15 is 0 Å². The Bertz CT molecular complexity index is 759. The summed E-state index contributed by atoms with van der Waals surface area (Å²) in [5.41, 5.74) is 7.90. The van der Waals surface area contributed by atoms with E-state index < -0.39 is 0 Å². The summed E-state index contributed by atoms with van der Waals surface area (Å²) >= 11 is 0. The highest BCUT2D eigenvalue weighted by atomic mass is 16.3. The van der Waals surface area contributed by atoms with E-state index in [2.05, 4.69) is 4.98 Å². The molecule has 3 rings (SSSR count). The van der Waals surface area contributed by atoms with Gasteiger partial charge >= 0.3 is 0 Å². The van der Waals surface area contributed by atoms with Gasteiger partial charge in [-0.2, -0.15) is 0 Å². The Labute approximate surface area is 122 Å². The van der Waals surface area contributed by atoms with Gasteiger partial charge in [0.2, 0.25) is 0 Å². The second-order valence-electron chi connectivity index (χ2n) is 4.89. The van der Waals surface area contributed by atoms with E-state index in [9.17, 15) is 4.79 Å². The number of benzene rings is 1. The number of rotatable bonds is 4. The summed E-state index contributed by atoms with van der Waals surface area (Å²) in [4.78, 5) is 17.4. The van der Waals surface area contributed by atoms with Gasteiger partial charge in [-0.05, 0) is 31.2 Å². The van der Waals surface area contributed by atoms with Crippen LogP contribution in [-0.2, 0) is 6.54 Å². The van der Waals surface area contributed by atoms with Gasteiger partial charge in [-0.1, -0.05) is 12.1 Å². The van der Waals surface area contributed by atoms with Gasteiger partial charge in [0, 0.05) is 11.9 Å². The van der Waals surface area contributed by atoms with Crippen LogP contribution >= 0.6 is 0 Å². The second kappa shape index (κ2) is 5.36. The van der Waals surface area contributed by atoms with Crippen LogP contribution in [0, 0.1) is 0 Å². The quantitative estimate of drug-likeness (QED) is 0.723. The number of fused-ring (bicyclic) bond motifs is 1. The number of carbonyl (C=O) groups is 1. The zero-order valence-corrected chi connectivity index (χ0v) is 11.8. The van der Waals surface area contributed by atoms with E-state index in [0.29, 0.717) is 24.5 Å². The first kappa shape index (κ1) is 13.3. The van der Waals surface area contributed by atoms with E-state index in [1.807, 2.05) is 43.3 Å². The molecule has 3 aromatic rings. The van der Waals surface area contributed by atoms with Crippen molar-refractivity contribution in [1.82, 2.24) is 9.88 Å². The molecule has 0 aliphatic heterocycles. The highest BCUT2D eigenvalue weighted by Crippen LogP contribution is 2.22. The molecular weight excluding hydrogens is 266 g/mol. The molecule has 1 aromatic carbocycles. The van der Waals surface area contributed by atoms with Crippen LogP contribution in [0.3, 0.4) is 0 Å². The summed E-state index contributed by atoms with van der Waals surface area (Å²) in [6.07, 6.45) is 1.61. The summed E-state index contributed by atoms with van der Waals surface area (Å²) in [6.45, 7) is 3.00. The Morgan fingerprint density at radius 3 is 2.86 bits per heavy atom. The smallest absolute Gasteiger partial charge is 0.270 e. The summed E-state index contributed by atoms with van der Waals surface area (Å²) < 4.78 is 5.31. The Balaban J connectivity index is 1.89. The molecule has 0 radical (unpaired) electrons. The van der Waals surface area contributed by atoms with Gasteiger partial charge in [0.05, 0.1) is 24.0 Å². The maximum absolute atomic E-state index is 12.6. The fraction of sp³-hybridized carbons (Fsp3) is 0.188. The minimum absolute atomic E-state index is 0.0653. The Morgan fingerprint density at radius 1 is 1.33 bits per heavy atom. The number of hydrogen-bond acceptors (Lipinski definition) is 3. The molecule has 0 aliphatic carbocycles. The van der Waals surface area contributed by atoms with Crippen LogP contribution in [0.5, 0.6) is 0 Å². The normalized spacial score (nSPS) is 10.9. The number of carbonyl (C=O) groups excluding carboxylic acids is 1.